The molecule has 12 nitrogen and oxygen atoms in total. The Hall–Kier alpha value is -5.35. The Morgan fingerprint density at radius 2 is 1.87 bits per heavy atom. The van der Waals surface area contributed by atoms with E-state index in [2.05, 4.69) is 42.1 Å². The van der Waals surface area contributed by atoms with E-state index in [0.29, 0.717) is 36.2 Å². The summed E-state index contributed by atoms with van der Waals surface area (Å²) in [7, 11) is 1.88. The number of amides is 2. The third-order valence-corrected chi connectivity index (χ3v) is 8.51. The lowest BCUT2D eigenvalue weighted by molar-refractivity contribution is 0.240. The molecule has 1 fully saturated rings. The van der Waals surface area contributed by atoms with Gasteiger partial charge >= 0.3 is 6.03 Å². The van der Waals surface area contributed by atoms with Crippen molar-refractivity contribution >= 4 is 35.0 Å². The number of rotatable bonds is 10. The predicted molar refractivity (Wildman–Crippen MR) is 173 cm³/mol. The van der Waals surface area contributed by atoms with Gasteiger partial charge in [0.2, 0.25) is 5.95 Å². The second-order valence-electron chi connectivity index (χ2n) is 10.8. The van der Waals surface area contributed by atoms with Gasteiger partial charge in [0.25, 0.3) is 0 Å². The molecule has 0 unspecified atom stereocenters. The smallest absolute Gasteiger partial charge is 0.323 e. The minimum atomic E-state index is -0.178. The largest absolute Gasteiger partial charge is 0.362 e. The van der Waals surface area contributed by atoms with Gasteiger partial charge in [-0.3, -0.25) is 9.58 Å². The lowest BCUT2D eigenvalue weighted by Crippen LogP contribution is -2.49. The van der Waals surface area contributed by atoms with Crippen molar-refractivity contribution in [2.24, 2.45) is 7.05 Å². The molecule has 1 aliphatic rings. The monoisotopic (exact) mass is 619 g/mol. The standard InChI is InChI=1S/C32H33N11OS/c1-42-21-25(19-39-42)23-7-12-28(35-17-23)43(32(44)38-16-22-5-3-2-4-6-22)27-10-8-26(9-11-27)40-31-37-18-24(15-33)30(41-31)36-20-29-34-13-14-45-29/h2-7,12-14,17-19,21,26-27H,8-11,16,20H2,1H3,(H,38,44)(H2,36,37,40,41). The van der Waals surface area contributed by atoms with E-state index in [1.165, 1.54) is 17.5 Å². The fourth-order valence-electron chi connectivity index (χ4n) is 5.41. The van der Waals surface area contributed by atoms with Gasteiger partial charge in [-0.05, 0) is 43.4 Å². The SMILES string of the molecule is Cn1cc(-c2ccc(N(C(=O)NCc3ccccc3)C3CCC(Nc4ncc(C#N)c(NCc5nccs5)n4)CC3)nc2)cn1. The first-order chi connectivity index (χ1) is 22.1. The summed E-state index contributed by atoms with van der Waals surface area (Å²) in [5.74, 6) is 1.54. The molecule has 6 rings (SSSR count). The number of anilines is 3. The first-order valence-corrected chi connectivity index (χ1v) is 15.7. The molecule has 4 heterocycles. The molecule has 1 aliphatic carbocycles. The van der Waals surface area contributed by atoms with Crippen LogP contribution < -0.4 is 20.9 Å². The molecule has 5 aromatic rings. The lowest BCUT2D eigenvalue weighted by Gasteiger charge is -2.36. The average Bonchev–Trinajstić information content (AvgIpc) is 3.77. The molecule has 2 amide bonds. The Kier molecular flexibility index (Phi) is 9.22. The van der Waals surface area contributed by atoms with Crippen LogP contribution in [0.2, 0.25) is 0 Å². The summed E-state index contributed by atoms with van der Waals surface area (Å²) >= 11 is 1.54. The van der Waals surface area contributed by atoms with Crippen molar-refractivity contribution in [2.75, 3.05) is 15.5 Å². The van der Waals surface area contributed by atoms with Crippen molar-refractivity contribution in [3.8, 4) is 17.2 Å². The Morgan fingerprint density at radius 1 is 1.02 bits per heavy atom. The minimum Gasteiger partial charge on any atom is -0.362 e. The molecule has 0 aliphatic heterocycles. The van der Waals surface area contributed by atoms with Gasteiger partial charge in [0.05, 0.1) is 18.9 Å². The number of nitriles is 1. The van der Waals surface area contributed by atoms with Gasteiger partial charge in [0, 0.05) is 60.8 Å². The topological polar surface area (TPSA) is 150 Å². The number of nitrogens with one attached hydrogen (secondary N) is 3. The predicted octanol–water partition coefficient (Wildman–Crippen LogP) is 5.35. The number of hydrogen-bond donors (Lipinski definition) is 3. The highest BCUT2D eigenvalue weighted by atomic mass is 32.1. The maximum atomic E-state index is 13.7. The van der Waals surface area contributed by atoms with Crippen molar-refractivity contribution < 1.29 is 4.79 Å². The van der Waals surface area contributed by atoms with E-state index in [-0.39, 0.29) is 18.1 Å². The number of carbonyl (C=O) groups excluding carboxylic acids is 1. The average molecular weight is 620 g/mol. The van der Waals surface area contributed by atoms with E-state index in [4.69, 9.17) is 4.98 Å². The van der Waals surface area contributed by atoms with Crippen LogP contribution in [0.25, 0.3) is 11.1 Å². The number of aryl methyl sites for hydroxylation is 1. The van der Waals surface area contributed by atoms with Crippen LogP contribution in [0.5, 0.6) is 0 Å². The fraction of sp³-hybridized carbons (Fsp3) is 0.281. The van der Waals surface area contributed by atoms with E-state index in [0.717, 1.165) is 47.4 Å². The van der Waals surface area contributed by atoms with Crippen LogP contribution in [0.3, 0.4) is 0 Å². The third kappa shape index (κ3) is 7.42. The van der Waals surface area contributed by atoms with Crippen LogP contribution in [0.1, 0.15) is 41.8 Å². The van der Waals surface area contributed by atoms with Crippen molar-refractivity contribution in [1.29, 1.82) is 5.26 Å². The quantitative estimate of drug-likeness (QED) is 0.188. The number of thiazole rings is 1. The zero-order chi connectivity index (χ0) is 31.0. The third-order valence-electron chi connectivity index (χ3n) is 7.73. The van der Waals surface area contributed by atoms with Crippen LogP contribution in [-0.4, -0.2) is 47.8 Å². The van der Waals surface area contributed by atoms with Crippen LogP contribution in [0, 0.1) is 11.3 Å². The first kappa shape index (κ1) is 29.7. The van der Waals surface area contributed by atoms with E-state index >= 15 is 0 Å². The summed E-state index contributed by atoms with van der Waals surface area (Å²) in [5.41, 5.74) is 3.31. The van der Waals surface area contributed by atoms with Crippen LogP contribution in [0.15, 0.2) is 78.8 Å². The highest BCUT2D eigenvalue weighted by Gasteiger charge is 2.31. The van der Waals surface area contributed by atoms with Crippen LogP contribution in [-0.2, 0) is 20.1 Å². The number of benzene rings is 1. The summed E-state index contributed by atoms with van der Waals surface area (Å²) in [5, 5.41) is 26.4. The lowest BCUT2D eigenvalue weighted by atomic mass is 9.90. The number of aromatic nitrogens is 6. The molecule has 0 saturated heterocycles. The molecule has 0 bridgehead atoms. The zero-order valence-electron chi connectivity index (χ0n) is 24.8. The van der Waals surface area contributed by atoms with Crippen molar-refractivity contribution in [2.45, 2.75) is 50.9 Å². The molecule has 0 atom stereocenters. The summed E-state index contributed by atoms with van der Waals surface area (Å²) in [6, 6.07) is 15.8. The van der Waals surface area contributed by atoms with Gasteiger partial charge in [0.15, 0.2) is 0 Å². The number of hydrogen-bond acceptors (Lipinski definition) is 10. The Bertz CT molecular complexity index is 1740. The molecule has 4 aromatic heterocycles. The second-order valence-corrected chi connectivity index (χ2v) is 11.8. The summed E-state index contributed by atoms with van der Waals surface area (Å²) in [6.07, 6.45) is 12.0. The van der Waals surface area contributed by atoms with Gasteiger partial charge in [-0.2, -0.15) is 15.3 Å². The molecular weight excluding hydrogens is 586 g/mol. The van der Waals surface area contributed by atoms with E-state index in [1.807, 2.05) is 61.1 Å². The van der Waals surface area contributed by atoms with E-state index in [9.17, 15) is 10.1 Å². The molecule has 13 heteroatoms. The van der Waals surface area contributed by atoms with E-state index in [1.54, 1.807) is 28.2 Å². The first-order valence-electron chi connectivity index (χ1n) is 14.8. The fourth-order valence-corrected chi connectivity index (χ4v) is 5.97. The molecule has 1 saturated carbocycles. The highest BCUT2D eigenvalue weighted by Crippen LogP contribution is 2.30. The molecular formula is C32H33N11OS. The summed E-state index contributed by atoms with van der Waals surface area (Å²) in [4.78, 5) is 33.4. The van der Waals surface area contributed by atoms with Crippen molar-refractivity contribution in [3.05, 3.63) is 95.0 Å². The van der Waals surface area contributed by atoms with Crippen LogP contribution >= 0.6 is 11.3 Å². The minimum absolute atomic E-state index is 0.0343. The normalized spacial score (nSPS) is 16.0. The molecule has 1 aromatic carbocycles. The van der Waals surface area contributed by atoms with Gasteiger partial charge in [0.1, 0.15) is 28.3 Å². The molecule has 3 N–H and O–H groups in total. The number of pyridine rings is 1. The summed E-state index contributed by atoms with van der Waals surface area (Å²) < 4.78 is 1.75. The Morgan fingerprint density at radius 3 is 2.56 bits per heavy atom. The Labute approximate surface area is 265 Å². The Balaban J connectivity index is 1.13. The zero-order valence-corrected chi connectivity index (χ0v) is 25.6. The number of nitrogens with zero attached hydrogens (tertiary/aromatic N) is 8. The van der Waals surface area contributed by atoms with Crippen molar-refractivity contribution in [1.82, 2.24) is 35.0 Å². The second kappa shape index (κ2) is 14.0. The summed E-state index contributed by atoms with van der Waals surface area (Å²) in [6.45, 7) is 0.906. The molecule has 45 heavy (non-hydrogen) atoms. The van der Waals surface area contributed by atoms with Gasteiger partial charge in [-0.15, -0.1) is 11.3 Å². The number of carbonyl (C=O) groups is 1. The van der Waals surface area contributed by atoms with E-state index < -0.39 is 0 Å². The van der Waals surface area contributed by atoms with Gasteiger partial charge in [-0.1, -0.05) is 30.3 Å². The molecule has 228 valence electrons. The maximum absolute atomic E-state index is 13.7. The van der Waals surface area contributed by atoms with Crippen LogP contribution in [0.4, 0.5) is 22.4 Å². The van der Waals surface area contributed by atoms with Gasteiger partial charge in [-0.25, -0.2) is 19.7 Å². The maximum Gasteiger partial charge on any atom is 0.323 e. The molecule has 0 radical (unpaired) electrons. The van der Waals surface area contributed by atoms with Gasteiger partial charge < -0.3 is 16.0 Å². The van der Waals surface area contributed by atoms with Crippen molar-refractivity contribution in [3.63, 3.8) is 0 Å². The highest BCUT2D eigenvalue weighted by molar-refractivity contribution is 7.09. The number of urea groups is 1. The molecule has 0 spiro atoms.